The Labute approximate surface area is 81.6 Å². The second kappa shape index (κ2) is 3.35. The Morgan fingerprint density at radius 2 is 2.21 bits per heavy atom. The molecular formula is C11H8N2O. The lowest BCUT2D eigenvalue weighted by Gasteiger charge is -1.95. The van der Waals surface area contributed by atoms with Gasteiger partial charge in [-0.15, -0.1) is 0 Å². The Hall–Kier alpha value is -2.08. The molecule has 0 saturated heterocycles. The smallest absolute Gasteiger partial charge is 0.184 e. The first-order valence-electron chi connectivity index (χ1n) is 4.23. The standard InChI is InChI=1S/C11H8N2O/c1-8-3-2-4-9(5-8)11-6-10(7-12)13-14-11/h2-6H,1H3. The van der Waals surface area contributed by atoms with Gasteiger partial charge in [0.25, 0.3) is 0 Å². The molecule has 0 amide bonds. The molecule has 0 radical (unpaired) electrons. The minimum absolute atomic E-state index is 0.307. The van der Waals surface area contributed by atoms with Crippen molar-refractivity contribution in [3.05, 3.63) is 41.6 Å². The summed E-state index contributed by atoms with van der Waals surface area (Å²) >= 11 is 0. The van der Waals surface area contributed by atoms with Crippen molar-refractivity contribution in [3.63, 3.8) is 0 Å². The van der Waals surface area contributed by atoms with Gasteiger partial charge >= 0.3 is 0 Å². The number of hydrogen-bond donors (Lipinski definition) is 0. The largest absolute Gasteiger partial charge is 0.355 e. The maximum atomic E-state index is 8.58. The lowest BCUT2D eigenvalue weighted by Crippen LogP contribution is -1.75. The quantitative estimate of drug-likeness (QED) is 0.684. The molecule has 0 aliphatic heterocycles. The number of nitriles is 1. The van der Waals surface area contributed by atoms with Gasteiger partial charge in [-0.25, -0.2) is 0 Å². The summed E-state index contributed by atoms with van der Waals surface area (Å²) < 4.78 is 5.02. The molecule has 0 unspecified atom stereocenters. The van der Waals surface area contributed by atoms with Crippen LogP contribution in [0.2, 0.25) is 0 Å². The van der Waals surface area contributed by atoms with E-state index in [2.05, 4.69) is 5.16 Å². The van der Waals surface area contributed by atoms with Gasteiger partial charge in [-0.2, -0.15) is 5.26 Å². The summed E-state index contributed by atoms with van der Waals surface area (Å²) in [6, 6.07) is 11.4. The van der Waals surface area contributed by atoms with E-state index in [9.17, 15) is 0 Å². The number of nitrogens with zero attached hydrogens (tertiary/aromatic N) is 2. The molecule has 0 spiro atoms. The minimum atomic E-state index is 0.307. The van der Waals surface area contributed by atoms with E-state index in [4.69, 9.17) is 9.78 Å². The topological polar surface area (TPSA) is 49.8 Å². The van der Waals surface area contributed by atoms with Crippen molar-refractivity contribution in [2.45, 2.75) is 6.92 Å². The van der Waals surface area contributed by atoms with Crippen molar-refractivity contribution in [2.75, 3.05) is 0 Å². The van der Waals surface area contributed by atoms with Gasteiger partial charge in [0.15, 0.2) is 11.5 Å². The first-order chi connectivity index (χ1) is 6.79. The van der Waals surface area contributed by atoms with E-state index in [-0.39, 0.29) is 0 Å². The van der Waals surface area contributed by atoms with E-state index in [0.29, 0.717) is 11.5 Å². The maximum Gasteiger partial charge on any atom is 0.184 e. The van der Waals surface area contributed by atoms with Gasteiger partial charge in [0.1, 0.15) is 6.07 Å². The van der Waals surface area contributed by atoms with Crippen LogP contribution in [0.1, 0.15) is 11.3 Å². The Bertz CT molecular complexity index is 494. The molecule has 0 aliphatic rings. The van der Waals surface area contributed by atoms with Crippen LogP contribution in [-0.4, -0.2) is 5.16 Å². The lowest BCUT2D eigenvalue weighted by molar-refractivity contribution is 0.430. The molecule has 68 valence electrons. The maximum absolute atomic E-state index is 8.58. The summed E-state index contributed by atoms with van der Waals surface area (Å²) in [6.07, 6.45) is 0. The van der Waals surface area contributed by atoms with Crippen molar-refractivity contribution in [3.8, 4) is 17.4 Å². The predicted octanol–water partition coefficient (Wildman–Crippen LogP) is 2.52. The highest BCUT2D eigenvalue weighted by atomic mass is 16.5. The van der Waals surface area contributed by atoms with Gasteiger partial charge in [-0.1, -0.05) is 28.9 Å². The highest BCUT2D eigenvalue weighted by Crippen LogP contribution is 2.20. The fraction of sp³-hybridized carbons (Fsp3) is 0.0909. The summed E-state index contributed by atoms with van der Waals surface area (Å²) in [5, 5.41) is 12.2. The van der Waals surface area contributed by atoms with Crippen LogP contribution in [0.15, 0.2) is 34.9 Å². The molecule has 0 fully saturated rings. The third-order valence-electron chi connectivity index (χ3n) is 1.93. The number of hydrogen-bond acceptors (Lipinski definition) is 3. The molecule has 0 saturated carbocycles. The monoisotopic (exact) mass is 184 g/mol. The van der Waals surface area contributed by atoms with Crippen LogP contribution in [-0.2, 0) is 0 Å². The average molecular weight is 184 g/mol. The Kier molecular flexibility index (Phi) is 2.04. The average Bonchev–Trinajstić information content (AvgIpc) is 2.66. The van der Waals surface area contributed by atoms with Crippen molar-refractivity contribution >= 4 is 0 Å². The molecule has 1 aromatic heterocycles. The van der Waals surface area contributed by atoms with Crippen LogP contribution in [0.25, 0.3) is 11.3 Å². The number of rotatable bonds is 1. The zero-order chi connectivity index (χ0) is 9.97. The summed E-state index contributed by atoms with van der Waals surface area (Å²) in [7, 11) is 0. The molecule has 0 atom stereocenters. The second-order valence-electron chi connectivity index (χ2n) is 3.06. The van der Waals surface area contributed by atoms with Gasteiger partial charge < -0.3 is 4.52 Å². The normalized spacial score (nSPS) is 9.71. The van der Waals surface area contributed by atoms with E-state index in [1.807, 2.05) is 37.3 Å². The minimum Gasteiger partial charge on any atom is -0.355 e. The highest BCUT2D eigenvalue weighted by Gasteiger charge is 2.05. The van der Waals surface area contributed by atoms with Crippen LogP contribution >= 0.6 is 0 Å². The summed E-state index contributed by atoms with van der Waals surface area (Å²) in [5.74, 6) is 0.630. The second-order valence-corrected chi connectivity index (χ2v) is 3.06. The fourth-order valence-corrected chi connectivity index (χ4v) is 1.26. The van der Waals surface area contributed by atoms with Crippen molar-refractivity contribution in [2.24, 2.45) is 0 Å². The molecule has 2 aromatic rings. The predicted molar refractivity (Wildman–Crippen MR) is 51.4 cm³/mol. The zero-order valence-electron chi connectivity index (χ0n) is 7.69. The molecule has 1 heterocycles. The number of aryl methyl sites for hydroxylation is 1. The van der Waals surface area contributed by atoms with Gasteiger partial charge in [0.05, 0.1) is 0 Å². The van der Waals surface area contributed by atoms with E-state index in [1.54, 1.807) is 6.07 Å². The van der Waals surface area contributed by atoms with Gasteiger partial charge in [-0.3, -0.25) is 0 Å². The molecular weight excluding hydrogens is 176 g/mol. The van der Waals surface area contributed by atoms with Crippen molar-refractivity contribution in [1.82, 2.24) is 5.16 Å². The van der Waals surface area contributed by atoms with Crippen LogP contribution in [0.5, 0.6) is 0 Å². The summed E-state index contributed by atoms with van der Waals surface area (Å²) in [5.41, 5.74) is 2.40. The van der Waals surface area contributed by atoms with Crippen LogP contribution in [0, 0.1) is 18.3 Å². The zero-order valence-corrected chi connectivity index (χ0v) is 7.69. The van der Waals surface area contributed by atoms with Gasteiger partial charge in [0.2, 0.25) is 0 Å². The molecule has 14 heavy (non-hydrogen) atoms. The number of aromatic nitrogens is 1. The molecule has 3 heteroatoms. The Balaban J connectivity index is 2.45. The van der Waals surface area contributed by atoms with Crippen LogP contribution in [0.3, 0.4) is 0 Å². The molecule has 1 aromatic carbocycles. The molecule has 0 bridgehead atoms. The summed E-state index contributed by atoms with van der Waals surface area (Å²) in [6.45, 7) is 2.01. The highest BCUT2D eigenvalue weighted by molar-refractivity contribution is 5.59. The third-order valence-corrected chi connectivity index (χ3v) is 1.93. The lowest BCUT2D eigenvalue weighted by atomic mass is 10.1. The van der Waals surface area contributed by atoms with Crippen molar-refractivity contribution < 1.29 is 4.52 Å². The molecule has 3 nitrogen and oxygen atoms in total. The Morgan fingerprint density at radius 1 is 1.36 bits per heavy atom. The van der Waals surface area contributed by atoms with Crippen molar-refractivity contribution in [1.29, 1.82) is 5.26 Å². The molecule has 2 rings (SSSR count). The third kappa shape index (κ3) is 1.50. The fourth-order valence-electron chi connectivity index (χ4n) is 1.26. The number of benzene rings is 1. The van der Waals surface area contributed by atoms with Gasteiger partial charge in [0, 0.05) is 11.6 Å². The van der Waals surface area contributed by atoms with E-state index < -0.39 is 0 Å². The Morgan fingerprint density at radius 3 is 2.86 bits per heavy atom. The van der Waals surface area contributed by atoms with Crippen LogP contribution < -0.4 is 0 Å². The first-order valence-corrected chi connectivity index (χ1v) is 4.23. The van der Waals surface area contributed by atoms with E-state index in [0.717, 1.165) is 11.1 Å². The molecule has 0 aliphatic carbocycles. The SMILES string of the molecule is Cc1cccc(-c2cc(C#N)no2)c1. The van der Waals surface area contributed by atoms with Gasteiger partial charge in [-0.05, 0) is 13.0 Å². The van der Waals surface area contributed by atoms with Crippen LogP contribution in [0.4, 0.5) is 0 Å². The first kappa shape index (κ1) is 8.52. The van der Waals surface area contributed by atoms with E-state index in [1.165, 1.54) is 0 Å². The molecule has 0 N–H and O–H groups in total. The van der Waals surface area contributed by atoms with E-state index >= 15 is 0 Å². The summed E-state index contributed by atoms with van der Waals surface area (Å²) in [4.78, 5) is 0.